The fourth-order valence-electron chi connectivity index (χ4n) is 3.97. The van der Waals surface area contributed by atoms with E-state index in [1.165, 1.54) is 25.7 Å². The Balaban J connectivity index is 1.39. The third-order valence-corrected chi connectivity index (χ3v) is 5.24. The van der Waals surface area contributed by atoms with Gasteiger partial charge in [-0.3, -0.25) is 9.69 Å². The first-order valence-corrected chi connectivity index (χ1v) is 7.94. The Hall–Kier alpha value is -0.610. The van der Waals surface area contributed by atoms with Crippen molar-refractivity contribution in [2.75, 3.05) is 33.2 Å². The summed E-state index contributed by atoms with van der Waals surface area (Å²) >= 11 is 0. The number of amides is 1. The topological polar surface area (TPSA) is 35.6 Å². The first kappa shape index (κ1) is 13.4. The predicted molar refractivity (Wildman–Crippen MR) is 76.0 cm³/mol. The van der Waals surface area contributed by atoms with E-state index in [-0.39, 0.29) is 5.91 Å². The van der Waals surface area contributed by atoms with Crippen molar-refractivity contribution < 1.29 is 4.79 Å². The average molecular weight is 265 g/mol. The van der Waals surface area contributed by atoms with E-state index in [1.807, 2.05) is 0 Å². The van der Waals surface area contributed by atoms with Crippen LogP contribution in [0.25, 0.3) is 0 Å². The Morgan fingerprint density at radius 3 is 2.63 bits per heavy atom. The molecular formula is C15H27N3O. The molecular weight excluding hydrogens is 238 g/mol. The quantitative estimate of drug-likeness (QED) is 0.829. The molecule has 4 heteroatoms. The molecule has 2 atom stereocenters. The van der Waals surface area contributed by atoms with E-state index in [2.05, 4.69) is 22.2 Å². The van der Waals surface area contributed by atoms with Gasteiger partial charge in [0.2, 0.25) is 5.91 Å². The molecule has 3 fully saturated rings. The van der Waals surface area contributed by atoms with E-state index in [0.29, 0.717) is 12.6 Å². The molecule has 108 valence electrons. The monoisotopic (exact) mass is 265 g/mol. The first-order valence-electron chi connectivity index (χ1n) is 7.94. The lowest BCUT2D eigenvalue weighted by Gasteiger charge is -2.50. The molecule has 0 aromatic heterocycles. The third kappa shape index (κ3) is 3.11. The Kier molecular flexibility index (Phi) is 4.08. The Morgan fingerprint density at radius 2 is 1.89 bits per heavy atom. The van der Waals surface area contributed by atoms with Crippen LogP contribution in [-0.4, -0.2) is 61.0 Å². The van der Waals surface area contributed by atoms with E-state index in [4.69, 9.17) is 0 Å². The van der Waals surface area contributed by atoms with Gasteiger partial charge in [0.1, 0.15) is 0 Å². The molecule has 3 rings (SSSR count). The number of hydrogen-bond donors (Lipinski definition) is 1. The highest BCUT2D eigenvalue weighted by atomic mass is 16.2. The summed E-state index contributed by atoms with van der Waals surface area (Å²) in [6.45, 7) is 4.01. The van der Waals surface area contributed by atoms with Crippen LogP contribution in [0.1, 0.15) is 38.5 Å². The number of rotatable bonds is 3. The molecule has 2 aliphatic heterocycles. The maximum Gasteiger partial charge on any atom is 0.234 e. The van der Waals surface area contributed by atoms with Crippen molar-refractivity contribution in [2.24, 2.45) is 5.92 Å². The zero-order valence-electron chi connectivity index (χ0n) is 12.1. The minimum atomic E-state index is 0.249. The van der Waals surface area contributed by atoms with Gasteiger partial charge in [0.05, 0.1) is 6.54 Å². The van der Waals surface area contributed by atoms with Crippen molar-refractivity contribution in [2.45, 2.75) is 50.6 Å². The van der Waals surface area contributed by atoms with Crippen LogP contribution >= 0.6 is 0 Å². The molecule has 4 nitrogen and oxygen atoms in total. The summed E-state index contributed by atoms with van der Waals surface area (Å²) in [6.07, 6.45) is 7.66. The highest BCUT2D eigenvalue weighted by Gasteiger charge is 2.40. The second-order valence-corrected chi connectivity index (χ2v) is 6.69. The molecule has 0 spiro atoms. The van der Waals surface area contributed by atoms with Crippen LogP contribution in [0.3, 0.4) is 0 Å². The highest BCUT2D eigenvalue weighted by molar-refractivity contribution is 5.78. The molecule has 2 saturated heterocycles. The Labute approximate surface area is 116 Å². The predicted octanol–water partition coefficient (Wildman–Crippen LogP) is 1.07. The fraction of sp³-hybridized carbons (Fsp3) is 0.933. The number of fused-ring (bicyclic) bond motifs is 1. The summed E-state index contributed by atoms with van der Waals surface area (Å²) in [5.74, 6) is 1.14. The van der Waals surface area contributed by atoms with Gasteiger partial charge in [0.25, 0.3) is 0 Å². The maximum absolute atomic E-state index is 12.1. The Bertz CT molecular complexity index is 325. The van der Waals surface area contributed by atoms with Crippen LogP contribution in [0.2, 0.25) is 0 Å². The van der Waals surface area contributed by atoms with Crippen LogP contribution in [0, 0.1) is 5.92 Å². The molecule has 19 heavy (non-hydrogen) atoms. The third-order valence-electron chi connectivity index (χ3n) is 5.24. The lowest BCUT2D eigenvalue weighted by molar-refractivity contribution is -0.127. The number of nitrogens with zero attached hydrogens (tertiary/aromatic N) is 2. The number of piperidine rings is 1. The minimum absolute atomic E-state index is 0.249. The van der Waals surface area contributed by atoms with Gasteiger partial charge in [0.15, 0.2) is 0 Å². The van der Waals surface area contributed by atoms with E-state index in [9.17, 15) is 4.79 Å². The van der Waals surface area contributed by atoms with E-state index < -0.39 is 0 Å². The van der Waals surface area contributed by atoms with Crippen LogP contribution in [0.5, 0.6) is 0 Å². The number of hydrogen-bond acceptors (Lipinski definition) is 3. The maximum atomic E-state index is 12.1. The van der Waals surface area contributed by atoms with E-state index in [1.54, 1.807) is 0 Å². The standard InChI is InChI=1S/C15H27N3O/c1-17-8-6-13(7-9-17)16-15(19)11-18-10-12-4-2-3-5-14(12)18/h12-14H,2-11H2,1H3,(H,16,19)/t12-,14-/m0/s1. The van der Waals surface area contributed by atoms with Crippen molar-refractivity contribution in [1.29, 1.82) is 0 Å². The van der Waals surface area contributed by atoms with Gasteiger partial charge < -0.3 is 10.2 Å². The zero-order chi connectivity index (χ0) is 13.2. The molecule has 1 aliphatic carbocycles. The van der Waals surface area contributed by atoms with Crippen molar-refractivity contribution in [3.8, 4) is 0 Å². The number of carbonyl (C=O) groups is 1. The van der Waals surface area contributed by atoms with Crippen LogP contribution in [0.15, 0.2) is 0 Å². The largest absolute Gasteiger partial charge is 0.352 e. The number of nitrogens with one attached hydrogen (secondary N) is 1. The molecule has 0 radical (unpaired) electrons. The summed E-state index contributed by atoms with van der Waals surface area (Å²) in [4.78, 5) is 16.8. The summed E-state index contributed by atoms with van der Waals surface area (Å²) in [6, 6.07) is 1.13. The molecule has 1 N–H and O–H groups in total. The molecule has 3 aliphatic rings. The Morgan fingerprint density at radius 1 is 1.16 bits per heavy atom. The van der Waals surface area contributed by atoms with E-state index in [0.717, 1.165) is 44.4 Å². The smallest absolute Gasteiger partial charge is 0.234 e. The van der Waals surface area contributed by atoms with Gasteiger partial charge >= 0.3 is 0 Å². The van der Waals surface area contributed by atoms with Crippen LogP contribution in [0.4, 0.5) is 0 Å². The van der Waals surface area contributed by atoms with Gasteiger partial charge in [-0.1, -0.05) is 12.8 Å². The van der Waals surface area contributed by atoms with Crippen molar-refractivity contribution in [1.82, 2.24) is 15.1 Å². The molecule has 2 heterocycles. The summed E-state index contributed by atoms with van der Waals surface area (Å²) < 4.78 is 0. The number of likely N-dealkylation sites (tertiary alicyclic amines) is 2. The second-order valence-electron chi connectivity index (χ2n) is 6.69. The summed E-state index contributed by atoms with van der Waals surface area (Å²) in [7, 11) is 2.15. The second kappa shape index (κ2) is 5.80. The molecule has 1 amide bonds. The van der Waals surface area contributed by atoms with Crippen LogP contribution < -0.4 is 5.32 Å². The van der Waals surface area contributed by atoms with Gasteiger partial charge in [-0.15, -0.1) is 0 Å². The lowest BCUT2D eigenvalue weighted by atomic mass is 9.77. The highest BCUT2D eigenvalue weighted by Crippen LogP contribution is 2.36. The van der Waals surface area contributed by atoms with Gasteiger partial charge in [-0.25, -0.2) is 0 Å². The normalized spacial score (nSPS) is 33.5. The fourth-order valence-corrected chi connectivity index (χ4v) is 3.97. The van der Waals surface area contributed by atoms with Crippen molar-refractivity contribution in [3.63, 3.8) is 0 Å². The van der Waals surface area contributed by atoms with E-state index >= 15 is 0 Å². The molecule has 0 aromatic carbocycles. The molecule has 0 aromatic rings. The van der Waals surface area contributed by atoms with Gasteiger partial charge in [-0.2, -0.15) is 0 Å². The summed E-state index contributed by atoms with van der Waals surface area (Å²) in [5.41, 5.74) is 0. The first-order chi connectivity index (χ1) is 9.22. The zero-order valence-corrected chi connectivity index (χ0v) is 12.1. The minimum Gasteiger partial charge on any atom is -0.352 e. The average Bonchev–Trinajstić information content (AvgIpc) is 2.39. The molecule has 0 unspecified atom stereocenters. The van der Waals surface area contributed by atoms with Crippen molar-refractivity contribution >= 4 is 5.91 Å². The van der Waals surface area contributed by atoms with Gasteiger partial charge in [0, 0.05) is 18.6 Å². The lowest BCUT2D eigenvalue weighted by Crippen LogP contribution is -2.60. The van der Waals surface area contributed by atoms with Gasteiger partial charge in [-0.05, 0) is 51.7 Å². The van der Waals surface area contributed by atoms with Crippen LogP contribution in [-0.2, 0) is 4.79 Å². The number of carbonyl (C=O) groups excluding carboxylic acids is 1. The molecule has 0 bridgehead atoms. The molecule has 1 saturated carbocycles. The van der Waals surface area contributed by atoms with Crippen molar-refractivity contribution in [3.05, 3.63) is 0 Å². The SMILES string of the molecule is CN1CCC(NC(=O)CN2C[C@@H]3CCCC[C@@H]32)CC1. The summed E-state index contributed by atoms with van der Waals surface area (Å²) in [5, 5.41) is 3.23.